The summed E-state index contributed by atoms with van der Waals surface area (Å²) in [6, 6.07) is 41.2. The van der Waals surface area contributed by atoms with E-state index in [9.17, 15) is 9.59 Å². The third-order valence-electron chi connectivity index (χ3n) is 7.30. The number of nitrogens with one attached hydrogen (secondary N) is 2. The van der Waals surface area contributed by atoms with Crippen LogP contribution in [0.4, 0.5) is 0 Å². The lowest BCUT2D eigenvalue weighted by molar-refractivity contribution is -0.120. The zero-order chi connectivity index (χ0) is 27.5. The molecule has 0 aliphatic heterocycles. The second-order valence-electron chi connectivity index (χ2n) is 10.5. The largest absolute Gasteiger partial charge is 0.352 e. The van der Waals surface area contributed by atoms with Crippen molar-refractivity contribution in [3.8, 4) is 0 Å². The Balaban J connectivity index is 1.72. The first-order valence-electron chi connectivity index (χ1n) is 13.8. The van der Waals surface area contributed by atoms with Gasteiger partial charge in [0, 0.05) is 24.2 Å². The minimum Gasteiger partial charge on any atom is -0.352 e. The third-order valence-corrected chi connectivity index (χ3v) is 12.6. The molecule has 0 spiro atoms. The molecule has 0 aliphatic rings. The molecule has 4 aromatic carbocycles. The molecular weight excluding hydrogens is 496 g/mol. The highest BCUT2D eigenvalue weighted by molar-refractivity contribution is 7.03. The topological polar surface area (TPSA) is 58.2 Å². The van der Waals surface area contributed by atoms with Gasteiger partial charge in [0.1, 0.15) is 8.07 Å². The van der Waals surface area contributed by atoms with Crippen LogP contribution in [0.3, 0.4) is 0 Å². The molecule has 1 unspecified atom stereocenters. The zero-order valence-corrected chi connectivity index (χ0v) is 23.8. The molecule has 0 saturated carbocycles. The minimum atomic E-state index is -2.70. The zero-order valence-electron chi connectivity index (χ0n) is 22.8. The minimum absolute atomic E-state index is 0.0280. The van der Waals surface area contributed by atoms with E-state index in [2.05, 4.69) is 73.0 Å². The lowest BCUT2D eigenvalue weighted by atomic mass is 10.1. The molecule has 2 N–H and O–H groups in total. The Morgan fingerprint density at radius 2 is 1.18 bits per heavy atom. The normalized spacial score (nSPS) is 12.1. The van der Waals surface area contributed by atoms with Crippen LogP contribution < -0.4 is 21.0 Å². The molecule has 200 valence electrons. The average molecular weight is 535 g/mol. The molecule has 2 amide bonds. The van der Waals surface area contributed by atoms with Gasteiger partial charge >= 0.3 is 0 Å². The summed E-state index contributed by atoms with van der Waals surface area (Å²) < 4.78 is 0. The molecule has 0 saturated heterocycles. The quantitative estimate of drug-likeness (QED) is 0.241. The van der Waals surface area contributed by atoms with Crippen molar-refractivity contribution in [2.45, 2.75) is 44.9 Å². The van der Waals surface area contributed by atoms with E-state index in [1.54, 1.807) is 0 Å². The Morgan fingerprint density at radius 3 is 1.69 bits per heavy atom. The molecule has 39 heavy (non-hydrogen) atoms. The van der Waals surface area contributed by atoms with Gasteiger partial charge in [0.25, 0.3) is 5.91 Å². The Morgan fingerprint density at radius 1 is 0.692 bits per heavy atom. The third kappa shape index (κ3) is 7.33. The summed E-state index contributed by atoms with van der Waals surface area (Å²) in [6.45, 7) is 4.90. The first-order chi connectivity index (χ1) is 19.0. The first kappa shape index (κ1) is 28.1. The van der Waals surface area contributed by atoms with E-state index in [-0.39, 0.29) is 17.5 Å². The Hall–Kier alpha value is -3.96. The highest BCUT2D eigenvalue weighted by atomic mass is 28.3. The van der Waals surface area contributed by atoms with Crippen LogP contribution in [0, 0.1) is 5.92 Å². The van der Waals surface area contributed by atoms with Gasteiger partial charge in [-0.05, 0) is 36.1 Å². The second kappa shape index (κ2) is 13.7. The average Bonchev–Trinajstić information content (AvgIpc) is 2.98. The molecule has 0 aromatic heterocycles. The molecule has 4 rings (SSSR count). The van der Waals surface area contributed by atoms with Crippen LogP contribution in [0.1, 0.15) is 42.6 Å². The number of carbonyl (C=O) groups is 2. The summed E-state index contributed by atoms with van der Waals surface area (Å²) >= 11 is 0. The van der Waals surface area contributed by atoms with Crippen molar-refractivity contribution in [3.63, 3.8) is 0 Å². The first-order valence-corrected chi connectivity index (χ1v) is 16.0. The number of rotatable bonds is 12. The van der Waals surface area contributed by atoms with Crippen LogP contribution >= 0.6 is 0 Å². The van der Waals surface area contributed by atoms with Crippen molar-refractivity contribution in [1.82, 2.24) is 10.6 Å². The standard InChI is InChI=1S/C34H38N2O2Si/c1-27(2)25-33(36-34(38)29-17-9-4-10-18-29)39(30-19-11-5-12-20-30,31-21-13-6-14-22-31)24-23-32(37)35-26-28-15-7-3-8-16-28/h3-22,27,33H,23-26H2,1-2H3,(H,35,37)(H,36,38). The summed E-state index contributed by atoms with van der Waals surface area (Å²) in [7, 11) is -2.70. The highest BCUT2D eigenvalue weighted by Gasteiger charge is 2.45. The summed E-state index contributed by atoms with van der Waals surface area (Å²) in [6.07, 6.45) is 1.21. The van der Waals surface area contributed by atoms with E-state index < -0.39 is 8.07 Å². The van der Waals surface area contributed by atoms with Gasteiger partial charge in [0.05, 0.1) is 0 Å². The highest BCUT2D eigenvalue weighted by Crippen LogP contribution is 2.24. The van der Waals surface area contributed by atoms with Crippen molar-refractivity contribution in [3.05, 3.63) is 132 Å². The van der Waals surface area contributed by atoms with E-state index in [1.165, 1.54) is 10.4 Å². The number of hydrogen-bond donors (Lipinski definition) is 2. The van der Waals surface area contributed by atoms with Crippen molar-refractivity contribution in [2.75, 3.05) is 0 Å². The van der Waals surface area contributed by atoms with Gasteiger partial charge < -0.3 is 10.6 Å². The fourth-order valence-corrected chi connectivity index (χ4v) is 10.9. The SMILES string of the molecule is CC(C)CC(NC(=O)c1ccccc1)[Si](CCC(=O)NCc1ccccc1)(c1ccccc1)c1ccccc1. The predicted molar refractivity (Wildman–Crippen MR) is 163 cm³/mol. The Kier molecular flexibility index (Phi) is 9.87. The maximum absolute atomic E-state index is 13.6. The maximum atomic E-state index is 13.6. The van der Waals surface area contributed by atoms with E-state index in [1.807, 2.05) is 72.8 Å². The van der Waals surface area contributed by atoms with Crippen LogP contribution in [0.5, 0.6) is 0 Å². The molecule has 0 radical (unpaired) electrons. The molecular formula is C34H38N2O2Si. The van der Waals surface area contributed by atoms with Crippen LogP contribution in [-0.4, -0.2) is 25.6 Å². The Bertz CT molecular complexity index is 1270. The number of amides is 2. The van der Waals surface area contributed by atoms with Gasteiger partial charge in [0.15, 0.2) is 0 Å². The molecule has 0 aliphatic carbocycles. The smallest absolute Gasteiger partial charge is 0.251 e. The summed E-state index contributed by atoms with van der Waals surface area (Å²) in [4.78, 5) is 26.8. The summed E-state index contributed by atoms with van der Waals surface area (Å²) in [5, 5.41) is 9.05. The Labute approximate surface area is 233 Å². The summed E-state index contributed by atoms with van der Waals surface area (Å²) in [5.74, 6) is 0.316. The van der Waals surface area contributed by atoms with Gasteiger partial charge in [-0.25, -0.2) is 0 Å². The van der Waals surface area contributed by atoms with Gasteiger partial charge in [-0.3, -0.25) is 9.59 Å². The molecule has 0 bridgehead atoms. The lowest BCUT2D eigenvalue weighted by Crippen LogP contribution is -2.71. The van der Waals surface area contributed by atoms with E-state index in [4.69, 9.17) is 0 Å². The molecule has 0 fully saturated rings. The van der Waals surface area contributed by atoms with Gasteiger partial charge in [-0.2, -0.15) is 0 Å². The summed E-state index contributed by atoms with van der Waals surface area (Å²) in [5.41, 5.74) is 1.63. The van der Waals surface area contributed by atoms with Crippen molar-refractivity contribution in [2.24, 2.45) is 5.92 Å². The van der Waals surface area contributed by atoms with E-state index >= 15 is 0 Å². The molecule has 1 atom stereocenters. The van der Waals surface area contributed by atoms with E-state index in [0.29, 0.717) is 30.5 Å². The number of carbonyl (C=O) groups excluding carboxylic acids is 2. The maximum Gasteiger partial charge on any atom is 0.251 e. The number of hydrogen-bond acceptors (Lipinski definition) is 2. The van der Waals surface area contributed by atoms with Gasteiger partial charge in [-0.15, -0.1) is 0 Å². The van der Waals surface area contributed by atoms with Crippen molar-refractivity contribution in [1.29, 1.82) is 0 Å². The predicted octanol–water partition coefficient (Wildman–Crippen LogP) is 5.34. The lowest BCUT2D eigenvalue weighted by Gasteiger charge is -2.41. The second-order valence-corrected chi connectivity index (χ2v) is 14.8. The fourth-order valence-electron chi connectivity index (χ4n) is 5.38. The van der Waals surface area contributed by atoms with Crippen LogP contribution in [0.25, 0.3) is 0 Å². The van der Waals surface area contributed by atoms with Gasteiger partial charge in [-0.1, -0.05) is 133 Å². The van der Waals surface area contributed by atoms with E-state index in [0.717, 1.165) is 12.0 Å². The van der Waals surface area contributed by atoms with Crippen LogP contribution in [-0.2, 0) is 11.3 Å². The fraction of sp³-hybridized carbons (Fsp3) is 0.235. The van der Waals surface area contributed by atoms with Crippen LogP contribution in [0.15, 0.2) is 121 Å². The molecule has 5 heteroatoms. The molecule has 4 nitrogen and oxygen atoms in total. The molecule has 4 aromatic rings. The van der Waals surface area contributed by atoms with Gasteiger partial charge in [0.2, 0.25) is 5.91 Å². The van der Waals surface area contributed by atoms with Crippen molar-refractivity contribution >= 4 is 30.3 Å². The number of benzene rings is 4. The monoisotopic (exact) mass is 534 g/mol. The molecule has 0 heterocycles. The van der Waals surface area contributed by atoms with Crippen molar-refractivity contribution < 1.29 is 9.59 Å². The van der Waals surface area contributed by atoms with Crippen LogP contribution in [0.2, 0.25) is 6.04 Å².